The van der Waals surface area contributed by atoms with Crippen molar-refractivity contribution >= 4 is 10.8 Å². The minimum atomic E-state index is 0.411. The monoisotopic (exact) mass is 252 g/mol. The van der Waals surface area contributed by atoms with Crippen LogP contribution in [-0.4, -0.2) is 5.11 Å². The summed E-state index contributed by atoms with van der Waals surface area (Å²) in [6, 6.07) is 12.0. The smallest absolute Gasteiger partial charge is 0.126 e. The van der Waals surface area contributed by atoms with Crippen molar-refractivity contribution in [2.24, 2.45) is 0 Å². The average Bonchev–Trinajstić information content (AvgIpc) is 2.45. The van der Waals surface area contributed by atoms with Gasteiger partial charge in [-0.2, -0.15) is 0 Å². The SMILES string of the molecule is C=CCCC/C=C/Cc1ccc2ccccc2c1O. The highest BCUT2D eigenvalue weighted by atomic mass is 16.3. The Hall–Kier alpha value is -2.02. The van der Waals surface area contributed by atoms with E-state index in [9.17, 15) is 5.11 Å². The number of phenols is 1. The van der Waals surface area contributed by atoms with Gasteiger partial charge in [-0.3, -0.25) is 0 Å². The summed E-state index contributed by atoms with van der Waals surface area (Å²) in [5.41, 5.74) is 0.985. The number of benzene rings is 2. The second-order valence-corrected chi connectivity index (χ2v) is 4.69. The topological polar surface area (TPSA) is 20.2 Å². The molecule has 19 heavy (non-hydrogen) atoms. The van der Waals surface area contributed by atoms with Gasteiger partial charge in [0.2, 0.25) is 0 Å². The Balaban J connectivity index is 2.05. The maximum absolute atomic E-state index is 10.2. The van der Waals surface area contributed by atoms with E-state index in [2.05, 4.69) is 24.8 Å². The van der Waals surface area contributed by atoms with Crippen LogP contribution in [0.2, 0.25) is 0 Å². The van der Waals surface area contributed by atoms with E-state index in [0.29, 0.717) is 5.75 Å². The third kappa shape index (κ3) is 3.47. The molecule has 0 saturated carbocycles. The second-order valence-electron chi connectivity index (χ2n) is 4.69. The molecule has 0 fully saturated rings. The molecule has 0 amide bonds. The Labute approximate surface area is 114 Å². The van der Waals surface area contributed by atoms with Gasteiger partial charge in [0.15, 0.2) is 0 Å². The van der Waals surface area contributed by atoms with Crippen molar-refractivity contribution in [2.45, 2.75) is 25.7 Å². The van der Waals surface area contributed by atoms with Crippen LogP contribution < -0.4 is 0 Å². The van der Waals surface area contributed by atoms with Gasteiger partial charge in [-0.15, -0.1) is 6.58 Å². The molecule has 0 unspecified atom stereocenters. The highest BCUT2D eigenvalue weighted by Crippen LogP contribution is 2.28. The van der Waals surface area contributed by atoms with E-state index >= 15 is 0 Å². The summed E-state index contributed by atoms with van der Waals surface area (Å²) < 4.78 is 0. The largest absolute Gasteiger partial charge is 0.507 e. The molecule has 0 atom stereocenters. The molecule has 1 N–H and O–H groups in total. The van der Waals surface area contributed by atoms with E-state index < -0.39 is 0 Å². The van der Waals surface area contributed by atoms with Gasteiger partial charge in [-0.25, -0.2) is 0 Å². The molecule has 98 valence electrons. The van der Waals surface area contributed by atoms with Crippen molar-refractivity contribution in [3.63, 3.8) is 0 Å². The van der Waals surface area contributed by atoms with Crippen molar-refractivity contribution in [1.29, 1.82) is 0 Å². The maximum Gasteiger partial charge on any atom is 0.126 e. The third-order valence-corrected chi connectivity index (χ3v) is 3.27. The van der Waals surface area contributed by atoms with Crippen LogP contribution in [0.4, 0.5) is 0 Å². The number of allylic oxidation sites excluding steroid dienone is 3. The number of fused-ring (bicyclic) bond motifs is 1. The standard InChI is InChI=1S/C18H20O/c1-2-3-4-5-6-7-11-16-14-13-15-10-8-9-12-17(15)18(16)19/h2,6-10,12-14,19H,1,3-5,11H2/b7-6+. The molecule has 0 aliphatic heterocycles. The summed E-state index contributed by atoms with van der Waals surface area (Å²) in [6.45, 7) is 3.71. The Bertz CT molecular complexity index is 581. The molecular weight excluding hydrogens is 232 g/mol. The number of aromatic hydroxyl groups is 1. The van der Waals surface area contributed by atoms with Crippen LogP contribution in [0.25, 0.3) is 10.8 Å². The first kappa shape index (κ1) is 13.4. The number of phenolic OH excluding ortho intramolecular Hbond substituents is 1. The first-order chi connectivity index (χ1) is 9.33. The number of unbranched alkanes of at least 4 members (excludes halogenated alkanes) is 2. The van der Waals surface area contributed by atoms with Gasteiger partial charge >= 0.3 is 0 Å². The van der Waals surface area contributed by atoms with E-state index in [-0.39, 0.29) is 0 Å². The summed E-state index contributed by atoms with van der Waals surface area (Å²) >= 11 is 0. The van der Waals surface area contributed by atoms with Crippen molar-refractivity contribution < 1.29 is 5.11 Å². The Kier molecular flexibility index (Phi) is 4.79. The van der Waals surface area contributed by atoms with E-state index in [0.717, 1.165) is 42.0 Å². The van der Waals surface area contributed by atoms with Crippen LogP contribution in [0, 0.1) is 0 Å². The molecule has 0 spiro atoms. The van der Waals surface area contributed by atoms with Gasteiger partial charge in [0.25, 0.3) is 0 Å². The summed E-state index contributed by atoms with van der Waals surface area (Å²) in [6.07, 6.45) is 10.3. The molecular formula is C18H20O. The van der Waals surface area contributed by atoms with Crippen molar-refractivity contribution in [3.05, 3.63) is 66.8 Å². The number of hydrogen-bond donors (Lipinski definition) is 1. The summed E-state index contributed by atoms with van der Waals surface area (Å²) in [7, 11) is 0. The van der Waals surface area contributed by atoms with E-state index in [1.54, 1.807) is 0 Å². The van der Waals surface area contributed by atoms with Gasteiger partial charge in [0.1, 0.15) is 5.75 Å². The molecule has 2 rings (SSSR count). The van der Waals surface area contributed by atoms with Crippen LogP contribution in [0.5, 0.6) is 5.75 Å². The highest BCUT2D eigenvalue weighted by molar-refractivity contribution is 5.89. The van der Waals surface area contributed by atoms with Crippen molar-refractivity contribution in [3.8, 4) is 5.75 Å². The molecule has 1 nitrogen and oxygen atoms in total. The molecule has 0 aromatic heterocycles. The predicted molar refractivity (Wildman–Crippen MR) is 82.5 cm³/mol. The van der Waals surface area contributed by atoms with Crippen LogP contribution in [-0.2, 0) is 6.42 Å². The van der Waals surface area contributed by atoms with E-state index in [1.165, 1.54) is 0 Å². The first-order valence-electron chi connectivity index (χ1n) is 6.78. The molecule has 0 radical (unpaired) electrons. The lowest BCUT2D eigenvalue weighted by Crippen LogP contribution is -1.84. The second kappa shape index (κ2) is 6.79. The molecule has 0 aliphatic carbocycles. The van der Waals surface area contributed by atoms with Crippen molar-refractivity contribution in [1.82, 2.24) is 0 Å². The Morgan fingerprint density at radius 1 is 1.00 bits per heavy atom. The van der Waals surface area contributed by atoms with Crippen LogP contribution in [0.15, 0.2) is 61.2 Å². The quantitative estimate of drug-likeness (QED) is 0.566. The average molecular weight is 252 g/mol. The normalized spacial score (nSPS) is 11.2. The highest BCUT2D eigenvalue weighted by Gasteiger charge is 2.03. The third-order valence-electron chi connectivity index (χ3n) is 3.27. The number of hydrogen-bond acceptors (Lipinski definition) is 1. The summed E-state index contributed by atoms with van der Waals surface area (Å²) in [4.78, 5) is 0. The van der Waals surface area contributed by atoms with Gasteiger partial charge in [-0.05, 0) is 36.6 Å². The molecule has 0 saturated heterocycles. The molecule has 0 aliphatic rings. The maximum atomic E-state index is 10.2. The zero-order valence-corrected chi connectivity index (χ0v) is 11.2. The lowest BCUT2D eigenvalue weighted by molar-refractivity contribution is 0.476. The summed E-state index contributed by atoms with van der Waals surface area (Å²) in [5.74, 6) is 0.411. The molecule has 2 aromatic rings. The fourth-order valence-corrected chi connectivity index (χ4v) is 2.17. The van der Waals surface area contributed by atoms with Crippen LogP contribution >= 0.6 is 0 Å². The molecule has 2 aromatic carbocycles. The fraction of sp³-hybridized carbons (Fsp3) is 0.222. The Morgan fingerprint density at radius 2 is 1.84 bits per heavy atom. The van der Waals surface area contributed by atoms with Gasteiger partial charge < -0.3 is 5.11 Å². The minimum Gasteiger partial charge on any atom is -0.507 e. The van der Waals surface area contributed by atoms with E-state index in [4.69, 9.17) is 0 Å². The lowest BCUT2D eigenvalue weighted by Gasteiger charge is -2.05. The molecule has 0 heterocycles. The number of rotatable bonds is 6. The zero-order chi connectivity index (χ0) is 13.5. The van der Waals surface area contributed by atoms with Crippen molar-refractivity contribution in [2.75, 3.05) is 0 Å². The van der Waals surface area contributed by atoms with E-state index in [1.807, 2.05) is 36.4 Å². The molecule has 1 heteroatoms. The predicted octanol–water partition coefficient (Wildman–Crippen LogP) is 5.00. The Morgan fingerprint density at radius 3 is 2.68 bits per heavy atom. The van der Waals surface area contributed by atoms with Gasteiger partial charge in [0, 0.05) is 5.39 Å². The lowest BCUT2D eigenvalue weighted by atomic mass is 10.0. The minimum absolute atomic E-state index is 0.411. The fourth-order valence-electron chi connectivity index (χ4n) is 2.17. The van der Waals surface area contributed by atoms with Crippen LogP contribution in [0.3, 0.4) is 0 Å². The molecule has 0 bridgehead atoms. The van der Waals surface area contributed by atoms with Gasteiger partial charge in [-0.1, -0.05) is 54.6 Å². The summed E-state index contributed by atoms with van der Waals surface area (Å²) in [5, 5.41) is 12.3. The van der Waals surface area contributed by atoms with Gasteiger partial charge in [0.05, 0.1) is 0 Å². The zero-order valence-electron chi connectivity index (χ0n) is 11.2. The first-order valence-corrected chi connectivity index (χ1v) is 6.78. The van der Waals surface area contributed by atoms with Crippen LogP contribution in [0.1, 0.15) is 24.8 Å².